The fourth-order valence-corrected chi connectivity index (χ4v) is 1.13. The van der Waals surface area contributed by atoms with Crippen LogP contribution in [0, 0.1) is 29.1 Å². The van der Waals surface area contributed by atoms with Crippen LogP contribution >= 0.6 is 0 Å². The third-order valence-electron chi connectivity index (χ3n) is 1.81. The minimum atomic E-state index is -2.40. The van der Waals surface area contributed by atoms with Crippen molar-refractivity contribution in [1.29, 1.82) is 0 Å². The van der Waals surface area contributed by atoms with E-state index in [-0.39, 0.29) is 51.4 Å². The average molecular weight is 264 g/mol. The van der Waals surface area contributed by atoms with Gasteiger partial charge in [-0.25, -0.2) is 22.0 Å². The van der Waals surface area contributed by atoms with E-state index in [1.807, 2.05) is 0 Å². The first-order chi connectivity index (χ1) is 6.68. The van der Waals surface area contributed by atoms with Crippen LogP contribution in [0.4, 0.5) is 22.0 Å². The van der Waals surface area contributed by atoms with E-state index in [0.29, 0.717) is 0 Å². The monoisotopic (exact) mass is 264 g/mol. The Kier molecular flexibility index (Phi) is 5.56. The maximum absolute atomic E-state index is 13.0. The summed E-state index contributed by atoms with van der Waals surface area (Å²) in [5, 5.41) is 11.2. The summed E-state index contributed by atoms with van der Waals surface area (Å²) >= 11 is 0. The van der Waals surface area contributed by atoms with Gasteiger partial charge in [-0.3, -0.25) is 0 Å². The summed E-state index contributed by atoms with van der Waals surface area (Å²) in [5.74, 6) is -10.6. The topological polar surface area (TPSA) is 23.1 Å². The molecule has 1 rings (SSSR count). The van der Waals surface area contributed by atoms with Crippen molar-refractivity contribution in [3.05, 3.63) is 34.6 Å². The van der Waals surface area contributed by atoms with Gasteiger partial charge in [0.25, 0.3) is 0 Å². The summed E-state index contributed by atoms with van der Waals surface area (Å²) in [5.41, 5.74) is -3.75. The second-order valence-corrected chi connectivity index (χ2v) is 3.46. The fourth-order valence-electron chi connectivity index (χ4n) is 1.13. The molecule has 0 aliphatic rings. The second kappa shape index (κ2) is 5.41. The summed E-state index contributed by atoms with van der Waals surface area (Å²) in [6, 6.07) is 0. The molecule has 16 heavy (non-hydrogen) atoms. The summed E-state index contributed by atoms with van der Waals surface area (Å²) in [7, 11) is 0. The van der Waals surface area contributed by atoms with Crippen LogP contribution in [0.5, 0.6) is 0 Å². The molecule has 0 aliphatic carbocycles. The first-order valence-electron chi connectivity index (χ1n) is 3.90. The van der Waals surface area contributed by atoms with Gasteiger partial charge in [0.2, 0.25) is 5.82 Å². The number of benzene rings is 1. The molecule has 0 spiro atoms. The molecule has 0 amide bonds. The zero-order valence-electron chi connectivity index (χ0n) is 8.80. The van der Waals surface area contributed by atoms with E-state index < -0.39 is 40.3 Å². The molecule has 0 aromatic heterocycles. The van der Waals surface area contributed by atoms with Gasteiger partial charge in [-0.2, -0.15) is 0 Å². The molecule has 0 N–H and O–H groups in total. The van der Waals surface area contributed by atoms with Crippen LogP contribution in [0.25, 0.3) is 0 Å². The Labute approximate surface area is 131 Å². The minimum absolute atomic E-state index is 0. The van der Waals surface area contributed by atoms with Gasteiger partial charge in [-0.05, 0) is 0 Å². The van der Waals surface area contributed by atoms with Gasteiger partial charge < -0.3 is 5.11 Å². The van der Waals surface area contributed by atoms with Gasteiger partial charge in [0.15, 0.2) is 23.3 Å². The molecule has 0 saturated carbocycles. The van der Waals surface area contributed by atoms with E-state index >= 15 is 0 Å². The van der Waals surface area contributed by atoms with Gasteiger partial charge in [0.05, 0.1) is 0 Å². The summed E-state index contributed by atoms with van der Waals surface area (Å²) in [4.78, 5) is 0. The average Bonchev–Trinajstić information content (AvgIpc) is 2.09. The summed E-state index contributed by atoms with van der Waals surface area (Å²) in [6.45, 7) is 1.62. The molecule has 0 bridgehead atoms. The van der Waals surface area contributed by atoms with Crippen molar-refractivity contribution in [1.82, 2.24) is 0 Å². The predicted molar refractivity (Wildman–Crippen MR) is 39.3 cm³/mol. The molecule has 7 heteroatoms. The van der Waals surface area contributed by atoms with Crippen LogP contribution in [0.15, 0.2) is 0 Å². The Balaban J connectivity index is 0.00000225. The van der Waals surface area contributed by atoms with Gasteiger partial charge in [0, 0.05) is 5.56 Å². The molecule has 1 aromatic carbocycles. The minimum Gasteiger partial charge on any atom is -0.846 e. The Morgan fingerprint density at radius 1 is 0.750 bits per heavy atom. The molecule has 0 aliphatic heterocycles. The maximum atomic E-state index is 13.0. The fraction of sp³-hybridized carbons (Fsp3) is 0.333. The van der Waals surface area contributed by atoms with E-state index in [4.69, 9.17) is 0 Å². The zero-order chi connectivity index (χ0) is 12.0. The quantitative estimate of drug-likeness (QED) is 0.276. The number of rotatable bonds is 1. The first kappa shape index (κ1) is 16.5. The van der Waals surface area contributed by atoms with Crippen LogP contribution in [0.1, 0.15) is 19.4 Å². The Morgan fingerprint density at radius 2 is 1.00 bits per heavy atom. The Hall–Kier alpha value is 0.466. The second-order valence-electron chi connectivity index (χ2n) is 3.46. The first-order valence-corrected chi connectivity index (χ1v) is 3.90. The van der Waals surface area contributed by atoms with Crippen LogP contribution < -0.4 is 56.5 Å². The smallest absolute Gasteiger partial charge is 0.846 e. The molecule has 1 aromatic rings. The molecule has 0 heterocycles. The van der Waals surface area contributed by atoms with Crippen molar-refractivity contribution < 1.29 is 78.4 Å². The van der Waals surface area contributed by atoms with Gasteiger partial charge in [-0.1, -0.05) is 19.4 Å². The molecular formula is C9H6F5KO. The van der Waals surface area contributed by atoms with Crippen molar-refractivity contribution >= 4 is 0 Å². The summed E-state index contributed by atoms with van der Waals surface area (Å²) in [6.07, 6.45) is 0. The van der Waals surface area contributed by atoms with E-state index in [2.05, 4.69) is 0 Å². The molecule has 0 saturated heterocycles. The Morgan fingerprint density at radius 3 is 1.25 bits per heavy atom. The summed E-state index contributed by atoms with van der Waals surface area (Å²) < 4.78 is 63.8. The van der Waals surface area contributed by atoms with E-state index in [9.17, 15) is 27.1 Å². The van der Waals surface area contributed by atoms with Crippen LogP contribution in [-0.4, -0.2) is 0 Å². The van der Waals surface area contributed by atoms with Crippen LogP contribution in [-0.2, 0) is 5.60 Å². The third-order valence-corrected chi connectivity index (χ3v) is 1.81. The van der Waals surface area contributed by atoms with E-state index in [1.165, 1.54) is 0 Å². The molecule has 1 nitrogen and oxygen atoms in total. The number of hydrogen-bond acceptors (Lipinski definition) is 1. The number of hydrogen-bond donors (Lipinski definition) is 0. The molecule has 0 atom stereocenters. The molecule has 0 fully saturated rings. The molecule has 0 unspecified atom stereocenters. The van der Waals surface area contributed by atoms with E-state index in [0.717, 1.165) is 13.8 Å². The molecular weight excluding hydrogens is 258 g/mol. The van der Waals surface area contributed by atoms with Gasteiger partial charge in [-0.15, -0.1) is 0 Å². The molecule has 84 valence electrons. The Bertz CT molecular complexity index is 384. The SMILES string of the molecule is CC(C)([O-])c1c(F)c(F)c(F)c(F)c1F.[K+]. The van der Waals surface area contributed by atoms with Crippen molar-refractivity contribution in [3.8, 4) is 0 Å². The van der Waals surface area contributed by atoms with Gasteiger partial charge in [0.1, 0.15) is 0 Å². The van der Waals surface area contributed by atoms with Crippen molar-refractivity contribution in [2.24, 2.45) is 0 Å². The van der Waals surface area contributed by atoms with Crippen molar-refractivity contribution in [2.45, 2.75) is 19.4 Å². The largest absolute Gasteiger partial charge is 1.00 e. The van der Waals surface area contributed by atoms with Crippen LogP contribution in [0.2, 0.25) is 0 Å². The van der Waals surface area contributed by atoms with Crippen LogP contribution in [0.3, 0.4) is 0 Å². The third kappa shape index (κ3) is 2.83. The standard InChI is InChI=1S/C9H6F5O.K/c1-9(2,15)3-4(10)6(12)8(14)7(13)5(3)11;/h1-2H3;/q-1;+1. The number of halogens is 5. The predicted octanol–water partition coefficient (Wildman–Crippen LogP) is -1.02. The normalized spacial score (nSPS) is 11.2. The zero-order valence-corrected chi connectivity index (χ0v) is 11.9. The van der Waals surface area contributed by atoms with E-state index in [1.54, 1.807) is 0 Å². The van der Waals surface area contributed by atoms with Crippen molar-refractivity contribution in [2.75, 3.05) is 0 Å². The van der Waals surface area contributed by atoms with Gasteiger partial charge >= 0.3 is 51.4 Å². The maximum Gasteiger partial charge on any atom is 1.00 e. The van der Waals surface area contributed by atoms with Crippen molar-refractivity contribution in [3.63, 3.8) is 0 Å². The molecule has 0 radical (unpaired) electrons.